The number of hydrogen-bond acceptors (Lipinski definition) is 4. The van der Waals surface area contributed by atoms with Crippen molar-refractivity contribution < 1.29 is 24.1 Å². The van der Waals surface area contributed by atoms with E-state index in [1.807, 2.05) is 0 Å². The average molecular weight is 226 g/mol. The van der Waals surface area contributed by atoms with Gasteiger partial charge in [0.15, 0.2) is 0 Å². The van der Waals surface area contributed by atoms with Crippen molar-refractivity contribution in [2.45, 2.75) is 6.61 Å². The molecule has 0 saturated heterocycles. The Morgan fingerprint density at radius 2 is 1.94 bits per heavy atom. The molecule has 1 aromatic rings. The van der Waals surface area contributed by atoms with Crippen LogP contribution in [-0.2, 0) is 11.3 Å². The average Bonchev–Trinajstić information content (AvgIpc) is 2.27. The lowest BCUT2D eigenvalue weighted by Gasteiger charge is -2.12. The van der Waals surface area contributed by atoms with Crippen molar-refractivity contribution in [3.8, 4) is 11.5 Å². The molecule has 0 atom stereocenters. The van der Waals surface area contributed by atoms with Crippen LogP contribution in [0, 0.1) is 0 Å². The molecule has 1 rings (SSSR count). The van der Waals surface area contributed by atoms with E-state index in [2.05, 4.69) is 0 Å². The molecule has 88 valence electrons. The van der Waals surface area contributed by atoms with Crippen LogP contribution in [0.5, 0.6) is 11.5 Å². The molecule has 0 aliphatic heterocycles. The van der Waals surface area contributed by atoms with E-state index in [4.69, 9.17) is 19.3 Å². The van der Waals surface area contributed by atoms with E-state index in [0.29, 0.717) is 11.3 Å². The minimum absolute atomic E-state index is 0.102. The second-order valence-electron chi connectivity index (χ2n) is 3.10. The van der Waals surface area contributed by atoms with Gasteiger partial charge in [-0.05, 0) is 11.6 Å². The van der Waals surface area contributed by atoms with E-state index in [1.165, 1.54) is 27.4 Å². The van der Waals surface area contributed by atoms with Crippen LogP contribution >= 0.6 is 0 Å². The third-order valence-electron chi connectivity index (χ3n) is 2.13. The van der Waals surface area contributed by atoms with Crippen LogP contribution in [-0.4, -0.2) is 32.4 Å². The van der Waals surface area contributed by atoms with Gasteiger partial charge in [0, 0.05) is 13.2 Å². The zero-order chi connectivity index (χ0) is 12.1. The Kier molecular flexibility index (Phi) is 4.13. The molecule has 1 N–H and O–H groups in total. The van der Waals surface area contributed by atoms with E-state index >= 15 is 0 Å². The summed E-state index contributed by atoms with van der Waals surface area (Å²) in [6.07, 6.45) is 0. The smallest absolute Gasteiger partial charge is 0.339 e. The lowest BCUT2D eigenvalue weighted by atomic mass is 10.1. The van der Waals surface area contributed by atoms with Crippen LogP contribution in [0.25, 0.3) is 0 Å². The van der Waals surface area contributed by atoms with Gasteiger partial charge in [-0.3, -0.25) is 0 Å². The molecule has 0 saturated carbocycles. The Bertz CT molecular complexity index is 386. The van der Waals surface area contributed by atoms with Crippen molar-refractivity contribution in [1.82, 2.24) is 0 Å². The molecule has 0 aliphatic rings. The minimum Gasteiger partial charge on any atom is -0.497 e. The quantitative estimate of drug-likeness (QED) is 0.825. The molecule has 0 fully saturated rings. The highest BCUT2D eigenvalue weighted by molar-refractivity contribution is 5.93. The molecule has 0 aliphatic carbocycles. The largest absolute Gasteiger partial charge is 0.497 e. The summed E-state index contributed by atoms with van der Waals surface area (Å²) in [4.78, 5) is 11.1. The van der Waals surface area contributed by atoms with Crippen LogP contribution in [0.3, 0.4) is 0 Å². The van der Waals surface area contributed by atoms with Crippen molar-refractivity contribution in [3.63, 3.8) is 0 Å². The maximum Gasteiger partial charge on any atom is 0.339 e. The zero-order valence-electron chi connectivity index (χ0n) is 9.44. The normalized spacial score (nSPS) is 9.94. The lowest BCUT2D eigenvalue weighted by molar-refractivity contribution is 0.0688. The molecule has 0 bridgehead atoms. The van der Waals surface area contributed by atoms with Gasteiger partial charge < -0.3 is 19.3 Å². The maximum atomic E-state index is 11.1. The Hall–Kier alpha value is -1.75. The standard InChI is InChI=1S/C11H14O5/c1-14-6-7-4-8(15-2)5-9(16-3)10(7)11(12)13/h4-5H,6H2,1-3H3,(H,12,13). The number of carboxylic acid groups (broad SMARTS) is 1. The second kappa shape index (κ2) is 5.37. The maximum absolute atomic E-state index is 11.1. The van der Waals surface area contributed by atoms with E-state index in [0.717, 1.165) is 0 Å². The highest BCUT2D eigenvalue weighted by Gasteiger charge is 2.18. The van der Waals surface area contributed by atoms with Crippen molar-refractivity contribution in [2.24, 2.45) is 0 Å². The number of aromatic carboxylic acids is 1. The summed E-state index contributed by atoms with van der Waals surface area (Å²) >= 11 is 0. The van der Waals surface area contributed by atoms with E-state index in [9.17, 15) is 4.79 Å². The molecule has 0 aromatic heterocycles. The first-order valence-corrected chi connectivity index (χ1v) is 4.61. The SMILES string of the molecule is COCc1cc(OC)cc(OC)c1C(=O)O. The first kappa shape index (κ1) is 12.3. The minimum atomic E-state index is -1.05. The number of rotatable bonds is 5. The van der Waals surface area contributed by atoms with Crippen molar-refractivity contribution in [3.05, 3.63) is 23.3 Å². The number of methoxy groups -OCH3 is 3. The van der Waals surface area contributed by atoms with Gasteiger partial charge in [0.05, 0.1) is 20.8 Å². The van der Waals surface area contributed by atoms with Gasteiger partial charge >= 0.3 is 5.97 Å². The monoisotopic (exact) mass is 226 g/mol. The molecule has 1 aromatic carbocycles. The van der Waals surface area contributed by atoms with Gasteiger partial charge in [-0.25, -0.2) is 4.79 Å². The Balaban J connectivity index is 3.34. The van der Waals surface area contributed by atoms with Gasteiger partial charge in [0.2, 0.25) is 0 Å². The zero-order valence-corrected chi connectivity index (χ0v) is 9.44. The second-order valence-corrected chi connectivity index (χ2v) is 3.10. The Labute approximate surface area is 93.6 Å². The fourth-order valence-corrected chi connectivity index (χ4v) is 1.44. The van der Waals surface area contributed by atoms with Gasteiger partial charge in [-0.2, -0.15) is 0 Å². The Morgan fingerprint density at radius 1 is 1.25 bits per heavy atom. The van der Waals surface area contributed by atoms with Crippen LogP contribution in [0.4, 0.5) is 0 Å². The first-order chi connectivity index (χ1) is 7.63. The molecule has 0 heterocycles. The fourth-order valence-electron chi connectivity index (χ4n) is 1.44. The van der Waals surface area contributed by atoms with Crippen molar-refractivity contribution in [2.75, 3.05) is 21.3 Å². The van der Waals surface area contributed by atoms with Crippen LogP contribution < -0.4 is 9.47 Å². The molecule has 16 heavy (non-hydrogen) atoms. The number of carboxylic acids is 1. The predicted molar refractivity (Wildman–Crippen MR) is 57.2 cm³/mol. The van der Waals surface area contributed by atoms with Gasteiger partial charge in [-0.15, -0.1) is 0 Å². The van der Waals surface area contributed by atoms with Crippen molar-refractivity contribution >= 4 is 5.97 Å². The van der Waals surface area contributed by atoms with Crippen LogP contribution in [0.2, 0.25) is 0 Å². The fraction of sp³-hybridized carbons (Fsp3) is 0.364. The molecule has 0 unspecified atom stereocenters. The number of benzene rings is 1. The topological polar surface area (TPSA) is 65.0 Å². The van der Waals surface area contributed by atoms with Crippen molar-refractivity contribution in [1.29, 1.82) is 0 Å². The molecular weight excluding hydrogens is 212 g/mol. The Morgan fingerprint density at radius 3 is 2.38 bits per heavy atom. The van der Waals surface area contributed by atoms with Gasteiger partial charge in [-0.1, -0.05) is 0 Å². The van der Waals surface area contributed by atoms with Gasteiger partial charge in [0.1, 0.15) is 17.1 Å². The third-order valence-corrected chi connectivity index (χ3v) is 2.13. The molecular formula is C11H14O5. The summed E-state index contributed by atoms with van der Waals surface area (Å²) in [6.45, 7) is 0.190. The van der Waals surface area contributed by atoms with Gasteiger partial charge in [0.25, 0.3) is 0 Å². The summed E-state index contributed by atoms with van der Waals surface area (Å²) < 4.78 is 15.0. The van der Waals surface area contributed by atoms with Crippen LogP contribution in [0.15, 0.2) is 12.1 Å². The summed E-state index contributed by atoms with van der Waals surface area (Å²) in [7, 11) is 4.42. The summed E-state index contributed by atoms with van der Waals surface area (Å²) in [6, 6.07) is 3.15. The molecule has 0 radical (unpaired) electrons. The number of hydrogen-bond donors (Lipinski definition) is 1. The third kappa shape index (κ3) is 2.43. The molecule has 0 amide bonds. The first-order valence-electron chi connectivity index (χ1n) is 4.61. The van der Waals surface area contributed by atoms with E-state index in [-0.39, 0.29) is 17.9 Å². The summed E-state index contributed by atoms with van der Waals surface area (Å²) in [5, 5.41) is 9.09. The predicted octanol–water partition coefficient (Wildman–Crippen LogP) is 1.55. The lowest BCUT2D eigenvalue weighted by Crippen LogP contribution is -2.07. The highest BCUT2D eigenvalue weighted by atomic mass is 16.5. The molecule has 5 nitrogen and oxygen atoms in total. The number of carbonyl (C=O) groups is 1. The van der Waals surface area contributed by atoms with Crippen LogP contribution in [0.1, 0.15) is 15.9 Å². The highest BCUT2D eigenvalue weighted by Crippen LogP contribution is 2.29. The molecule has 5 heteroatoms. The van der Waals surface area contributed by atoms with E-state index < -0.39 is 5.97 Å². The summed E-state index contributed by atoms with van der Waals surface area (Å²) in [5.74, 6) is -0.251. The summed E-state index contributed by atoms with van der Waals surface area (Å²) in [5.41, 5.74) is 0.622. The molecule has 0 spiro atoms. The number of ether oxygens (including phenoxy) is 3. The van der Waals surface area contributed by atoms with E-state index in [1.54, 1.807) is 6.07 Å².